The van der Waals surface area contributed by atoms with Gasteiger partial charge in [0.2, 0.25) is 5.91 Å². The third-order valence-corrected chi connectivity index (χ3v) is 8.68. The van der Waals surface area contributed by atoms with E-state index < -0.39 is 5.41 Å². The van der Waals surface area contributed by atoms with Crippen molar-refractivity contribution in [2.45, 2.75) is 85.1 Å². The molecule has 0 bridgehead atoms. The number of benzene rings is 2. The van der Waals surface area contributed by atoms with E-state index in [0.29, 0.717) is 22.6 Å². The number of nitrogens with zero attached hydrogens (tertiary/aromatic N) is 1. The van der Waals surface area contributed by atoms with Gasteiger partial charge in [0, 0.05) is 34.2 Å². The van der Waals surface area contributed by atoms with E-state index in [1.165, 1.54) is 0 Å². The summed E-state index contributed by atoms with van der Waals surface area (Å²) in [6.07, 6.45) is 1.93. The van der Waals surface area contributed by atoms with Gasteiger partial charge in [-0.05, 0) is 53.8 Å². The Bertz CT molecular complexity index is 994. The first-order chi connectivity index (χ1) is 17.4. The molecule has 1 aliphatic heterocycles. The van der Waals surface area contributed by atoms with Crippen LogP contribution in [0.25, 0.3) is 0 Å². The molecule has 0 spiro atoms. The summed E-state index contributed by atoms with van der Waals surface area (Å²) in [5.74, 6) is 1.49. The van der Waals surface area contributed by atoms with E-state index in [0.717, 1.165) is 29.2 Å². The highest BCUT2D eigenvalue weighted by Crippen LogP contribution is 2.45. The molecule has 0 saturated carbocycles. The molecule has 0 radical (unpaired) electrons. The van der Waals surface area contributed by atoms with E-state index in [1.807, 2.05) is 87.1 Å². The number of hydrogen-bond donors (Lipinski definition) is 0. The molecular weight excluding hydrogens is 521 g/mol. The number of carbonyl (C=O) groups excluding carboxylic acids is 2. The summed E-state index contributed by atoms with van der Waals surface area (Å²) in [6, 6.07) is 17.5. The molecule has 3 nitrogen and oxygen atoms in total. The van der Waals surface area contributed by atoms with Crippen molar-refractivity contribution in [1.29, 1.82) is 0 Å². The summed E-state index contributed by atoms with van der Waals surface area (Å²) in [5, 5.41) is 2.01. The minimum atomic E-state index is -0.625. The van der Waals surface area contributed by atoms with Crippen LogP contribution in [0.5, 0.6) is 0 Å². The Morgan fingerprint density at radius 2 is 1.54 bits per heavy atom. The van der Waals surface area contributed by atoms with E-state index in [4.69, 9.17) is 23.2 Å². The van der Waals surface area contributed by atoms with Crippen molar-refractivity contribution < 1.29 is 9.59 Å². The van der Waals surface area contributed by atoms with Crippen molar-refractivity contribution in [2.24, 2.45) is 17.3 Å². The van der Waals surface area contributed by atoms with Gasteiger partial charge >= 0.3 is 0 Å². The minimum Gasteiger partial charge on any atom is -0.331 e. The lowest BCUT2D eigenvalue weighted by molar-refractivity contribution is -0.156. The van der Waals surface area contributed by atoms with Gasteiger partial charge in [-0.1, -0.05) is 102 Å². The molecule has 1 aliphatic rings. The lowest BCUT2D eigenvalue weighted by Gasteiger charge is -2.49. The Morgan fingerprint density at radius 1 is 0.973 bits per heavy atom. The van der Waals surface area contributed by atoms with Gasteiger partial charge in [-0.2, -0.15) is 11.8 Å². The first kappa shape index (κ1) is 31.7. The zero-order chi connectivity index (χ0) is 27.8. The number of ketones is 1. The van der Waals surface area contributed by atoms with Crippen molar-refractivity contribution in [3.63, 3.8) is 0 Å². The SMILES string of the molecule is CC(C)SCC(C(C)C)N1C(=O)[C@@](C)(CC(=O)C(C)C)CCC1c1ccc(Cl)cc1.Clc1ccccc1. The Hall–Kier alpha value is -1.49. The van der Waals surface area contributed by atoms with Crippen molar-refractivity contribution in [2.75, 3.05) is 5.75 Å². The van der Waals surface area contributed by atoms with Crippen LogP contribution in [0.2, 0.25) is 10.0 Å². The fourth-order valence-corrected chi connectivity index (χ4v) is 6.00. The molecule has 204 valence electrons. The van der Waals surface area contributed by atoms with Crippen molar-refractivity contribution in [1.82, 2.24) is 4.90 Å². The van der Waals surface area contributed by atoms with Gasteiger partial charge < -0.3 is 4.90 Å². The highest BCUT2D eigenvalue weighted by atomic mass is 35.5. The number of hydrogen-bond acceptors (Lipinski definition) is 3. The molecule has 3 atom stereocenters. The van der Waals surface area contributed by atoms with Crippen LogP contribution in [0.4, 0.5) is 0 Å². The highest BCUT2D eigenvalue weighted by Gasteiger charge is 2.48. The lowest BCUT2D eigenvalue weighted by Crippen LogP contribution is -2.56. The number of rotatable bonds is 9. The number of likely N-dealkylation sites (tertiary alicyclic amines) is 1. The largest absolute Gasteiger partial charge is 0.331 e. The number of carbonyl (C=O) groups is 2. The Balaban J connectivity index is 0.000000591. The Labute approximate surface area is 238 Å². The van der Waals surface area contributed by atoms with Crippen LogP contribution in [-0.4, -0.2) is 33.6 Å². The van der Waals surface area contributed by atoms with Crippen LogP contribution in [0.3, 0.4) is 0 Å². The van der Waals surface area contributed by atoms with E-state index in [9.17, 15) is 9.59 Å². The summed E-state index contributed by atoms with van der Waals surface area (Å²) in [7, 11) is 0. The van der Waals surface area contributed by atoms with Gasteiger partial charge in [0.05, 0.1) is 11.5 Å². The average Bonchev–Trinajstić information content (AvgIpc) is 2.83. The van der Waals surface area contributed by atoms with Gasteiger partial charge in [0.25, 0.3) is 0 Å². The maximum absolute atomic E-state index is 14.0. The van der Waals surface area contributed by atoms with Crippen molar-refractivity contribution in [3.05, 3.63) is 70.2 Å². The average molecular weight is 565 g/mol. The maximum Gasteiger partial charge on any atom is 0.229 e. The summed E-state index contributed by atoms with van der Waals surface area (Å²) in [4.78, 5) is 28.7. The smallest absolute Gasteiger partial charge is 0.229 e. The number of Topliss-reactive ketones (excluding diaryl/α,β-unsaturated/α-hetero) is 1. The summed E-state index contributed by atoms with van der Waals surface area (Å²) in [5.41, 5.74) is 0.505. The van der Waals surface area contributed by atoms with E-state index >= 15 is 0 Å². The number of amides is 1. The standard InChI is InChI=1S/C25H38ClNO2S.C6H5Cl/c1-16(2)22(15-30-18(5)6)27-21(19-8-10-20(26)11-9-19)12-13-25(7,24(27)29)14-23(28)17(3)4;7-6-4-2-1-3-5-6/h8-11,16-18,21-22H,12-15H2,1-7H3;1-5H/t21?,22?,25-;/m1./s1. The van der Waals surface area contributed by atoms with Crippen LogP contribution < -0.4 is 0 Å². The van der Waals surface area contributed by atoms with Gasteiger partial charge in [-0.15, -0.1) is 0 Å². The van der Waals surface area contributed by atoms with Crippen LogP contribution in [-0.2, 0) is 9.59 Å². The van der Waals surface area contributed by atoms with E-state index in [-0.39, 0.29) is 29.7 Å². The summed E-state index contributed by atoms with van der Waals surface area (Å²) >= 11 is 13.6. The molecule has 2 aromatic carbocycles. The van der Waals surface area contributed by atoms with Crippen LogP contribution in [0, 0.1) is 17.3 Å². The molecule has 0 aromatic heterocycles. The second-order valence-corrected chi connectivity index (χ2v) is 13.6. The summed E-state index contributed by atoms with van der Waals surface area (Å²) in [6.45, 7) is 14.6. The Kier molecular flexibility index (Phi) is 12.5. The molecule has 2 aromatic rings. The minimum absolute atomic E-state index is 0.0251. The molecule has 0 aliphatic carbocycles. The molecule has 1 amide bonds. The van der Waals surface area contributed by atoms with Gasteiger partial charge in [0.1, 0.15) is 5.78 Å². The maximum atomic E-state index is 14.0. The molecule has 3 rings (SSSR count). The third kappa shape index (κ3) is 9.33. The second-order valence-electron chi connectivity index (χ2n) is 11.2. The zero-order valence-corrected chi connectivity index (χ0v) is 25.7. The first-order valence-electron chi connectivity index (χ1n) is 13.3. The van der Waals surface area contributed by atoms with Crippen molar-refractivity contribution >= 4 is 46.7 Å². The fraction of sp³-hybridized carbons (Fsp3) is 0.548. The molecule has 1 fully saturated rings. The predicted molar refractivity (Wildman–Crippen MR) is 161 cm³/mol. The number of piperidine rings is 1. The molecular formula is C31H43Cl2NO2S. The van der Waals surface area contributed by atoms with Crippen molar-refractivity contribution in [3.8, 4) is 0 Å². The monoisotopic (exact) mass is 563 g/mol. The van der Waals surface area contributed by atoms with Crippen LogP contribution >= 0.6 is 35.0 Å². The fourth-order valence-electron chi connectivity index (χ4n) is 4.60. The van der Waals surface area contributed by atoms with E-state index in [2.05, 4.69) is 32.6 Å². The molecule has 6 heteroatoms. The third-order valence-electron chi connectivity index (χ3n) is 6.98. The molecule has 37 heavy (non-hydrogen) atoms. The zero-order valence-electron chi connectivity index (χ0n) is 23.3. The van der Waals surface area contributed by atoms with E-state index in [1.54, 1.807) is 0 Å². The summed E-state index contributed by atoms with van der Waals surface area (Å²) < 4.78 is 0. The van der Waals surface area contributed by atoms with Gasteiger partial charge in [-0.25, -0.2) is 0 Å². The highest BCUT2D eigenvalue weighted by molar-refractivity contribution is 7.99. The quantitative estimate of drug-likeness (QED) is 0.305. The number of halogens is 2. The number of thioether (sulfide) groups is 1. The normalized spacial score (nSPS) is 20.7. The topological polar surface area (TPSA) is 37.4 Å². The van der Waals surface area contributed by atoms with Gasteiger partial charge in [-0.3, -0.25) is 9.59 Å². The van der Waals surface area contributed by atoms with Crippen LogP contribution in [0.1, 0.15) is 79.3 Å². The molecule has 2 unspecified atom stereocenters. The molecule has 1 heterocycles. The first-order valence-corrected chi connectivity index (χ1v) is 15.1. The lowest BCUT2D eigenvalue weighted by atomic mass is 9.72. The molecule has 0 N–H and O–H groups in total. The van der Waals surface area contributed by atoms with Gasteiger partial charge in [0.15, 0.2) is 0 Å². The van der Waals surface area contributed by atoms with Crippen LogP contribution in [0.15, 0.2) is 54.6 Å². The predicted octanol–water partition coefficient (Wildman–Crippen LogP) is 9.13. The molecule has 1 saturated heterocycles. The Morgan fingerprint density at radius 3 is 2.00 bits per heavy atom. The second kappa shape index (κ2) is 14.6.